The van der Waals surface area contributed by atoms with E-state index in [4.69, 9.17) is 0 Å². The third-order valence-corrected chi connectivity index (χ3v) is 3.55. The maximum absolute atomic E-state index is 11.8. The monoisotopic (exact) mass is 310 g/mol. The maximum atomic E-state index is 11.8. The smallest absolute Gasteiger partial charge is 0.233 e. The first-order valence-corrected chi connectivity index (χ1v) is 7.87. The number of rotatable bonds is 7. The molecule has 2 amide bonds. The maximum Gasteiger partial charge on any atom is 0.233 e. The van der Waals surface area contributed by atoms with Crippen LogP contribution in [-0.4, -0.2) is 18.4 Å². The summed E-state index contributed by atoms with van der Waals surface area (Å²) in [6.07, 6.45) is 1.55. The van der Waals surface area contributed by atoms with Crippen molar-refractivity contribution in [2.24, 2.45) is 0 Å². The Balaban J connectivity index is 1.70. The van der Waals surface area contributed by atoms with Crippen LogP contribution in [0, 0.1) is 0 Å². The van der Waals surface area contributed by atoms with E-state index >= 15 is 0 Å². The van der Waals surface area contributed by atoms with E-state index in [0.717, 1.165) is 18.4 Å². The lowest BCUT2D eigenvalue weighted by molar-refractivity contribution is -0.126. The van der Waals surface area contributed by atoms with Gasteiger partial charge in [0.15, 0.2) is 0 Å². The summed E-state index contributed by atoms with van der Waals surface area (Å²) in [7, 11) is 0. The summed E-state index contributed by atoms with van der Waals surface area (Å²) in [4.78, 5) is 23.6. The highest BCUT2D eigenvalue weighted by molar-refractivity contribution is 6.03. The molecule has 4 nitrogen and oxygen atoms in total. The van der Waals surface area contributed by atoms with Crippen LogP contribution in [0.3, 0.4) is 0 Å². The van der Waals surface area contributed by atoms with Crippen molar-refractivity contribution in [2.45, 2.75) is 26.2 Å². The van der Waals surface area contributed by atoms with Crippen LogP contribution in [0.1, 0.15) is 24.5 Å². The third-order valence-electron chi connectivity index (χ3n) is 3.55. The van der Waals surface area contributed by atoms with Crippen molar-refractivity contribution < 1.29 is 9.59 Å². The number of hydrogen-bond acceptors (Lipinski definition) is 2. The van der Waals surface area contributed by atoms with Gasteiger partial charge in [0.2, 0.25) is 11.8 Å². The molecule has 0 atom stereocenters. The van der Waals surface area contributed by atoms with Gasteiger partial charge in [-0.05, 0) is 36.1 Å². The van der Waals surface area contributed by atoms with E-state index in [1.165, 1.54) is 5.56 Å². The number of amides is 2. The number of anilines is 1. The highest BCUT2D eigenvalue weighted by Crippen LogP contribution is 2.10. The van der Waals surface area contributed by atoms with Gasteiger partial charge in [0.05, 0.1) is 0 Å². The molecule has 2 rings (SSSR count). The van der Waals surface area contributed by atoms with Gasteiger partial charge < -0.3 is 10.6 Å². The van der Waals surface area contributed by atoms with Crippen LogP contribution in [0.15, 0.2) is 54.6 Å². The lowest BCUT2D eigenvalue weighted by atomic mass is 10.1. The van der Waals surface area contributed by atoms with Crippen LogP contribution in [0.2, 0.25) is 0 Å². The molecule has 0 aliphatic rings. The summed E-state index contributed by atoms with van der Waals surface area (Å²) in [6.45, 7) is 2.61. The standard InChI is InChI=1S/C19H22N2O2/c1-2-15-8-10-17(11-9-15)21-19(23)14-18(22)20-13-12-16-6-4-3-5-7-16/h3-11H,2,12-14H2,1H3,(H,20,22)(H,21,23). The van der Waals surface area contributed by atoms with Crippen LogP contribution < -0.4 is 10.6 Å². The number of benzene rings is 2. The van der Waals surface area contributed by atoms with Crippen molar-refractivity contribution >= 4 is 17.5 Å². The Bertz CT molecular complexity index is 636. The van der Waals surface area contributed by atoms with Crippen LogP contribution in [-0.2, 0) is 22.4 Å². The normalized spacial score (nSPS) is 10.1. The van der Waals surface area contributed by atoms with Crippen LogP contribution in [0.25, 0.3) is 0 Å². The molecule has 0 radical (unpaired) electrons. The van der Waals surface area contributed by atoms with E-state index in [1.807, 2.05) is 54.6 Å². The van der Waals surface area contributed by atoms with E-state index in [2.05, 4.69) is 17.6 Å². The van der Waals surface area contributed by atoms with Crippen molar-refractivity contribution in [3.8, 4) is 0 Å². The topological polar surface area (TPSA) is 58.2 Å². The van der Waals surface area contributed by atoms with Crippen molar-refractivity contribution in [3.63, 3.8) is 0 Å². The summed E-state index contributed by atoms with van der Waals surface area (Å²) in [6, 6.07) is 17.6. The van der Waals surface area contributed by atoms with Gasteiger partial charge in [0.25, 0.3) is 0 Å². The number of carbonyl (C=O) groups excluding carboxylic acids is 2. The van der Waals surface area contributed by atoms with E-state index in [1.54, 1.807) is 0 Å². The SMILES string of the molecule is CCc1ccc(NC(=O)CC(=O)NCCc2ccccc2)cc1. The zero-order valence-electron chi connectivity index (χ0n) is 13.3. The largest absolute Gasteiger partial charge is 0.355 e. The number of aryl methyl sites for hydroxylation is 1. The fraction of sp³-hybridized carbons (Fsp3) is 0.263. The molecule has 0 saturated heterocycles. The summed E-state index contributed by atoms with van der Waals surface area (Å²) in [5.74, 6) is -0.560. The molecular weight excluding hydrogens is 288 g/mol. The zero-order chi connectivity index (χ0) is 16.5. The third kappa shape index (κ3) is 5.94. The fourth-order valence-corrected chi connectivity index (χ4v) is 2.23. The minimum absolute atomic E-state index is 0.162. The van der Waals surface area contributed by atoms with Crippen molar-refractivity contribution in [1.29, 1.82) is 0 Å². The van der Waals surface area contributed by atoms with Gasteiger partial charge in [-0.3, -0.25) is 9.59 Å². The molecule has 0 fully saturated rings. The highest BCUT2D eigenvalue weighted by Gasteiger charge is 2.09. The molecule has 0 bridgehead atoms. The minimum atomic E-state index is -0.300. The number of carbonyl (C=O) groups is 2. The molecule has 2 aromatic rings. The highest BCUT2D eigenvalue weighted by atomic mass is 16.2. The lowest BCUT2D eigenvalue weighted by Gasteiger charge is -2.07. The van der Waals surface area contributed by atoms with Gasteiger partial charge in [-0.1, -0.05) is 49.4 Å². The van der Waals surface area contributed by atoms with Crippen molar-refractivity contribution in [2.75, 3.05) is 11.9 Å². The predicted molar refractivity (Wildman–Crippen MR) is 92.2 cm³/mol. The molecule has 4 heteroatoms. The van der Waals surface area contributed by atoms with Crippen LogP contribution in [0.4, 0.5) is 5.69 Å². The minimum Gasteiger partial charge on any atom is -0.355 e. The Kier molecular flexibility index (Phi) is 6.36. The molecule has 0 unspecified atom stereocenters. The van der Waals surface area contributed by atoms with E-state index < -0.39 is 0 Å². The molecule has 0 aliphatic carbocycles. The molecule has 0 aliphatic heterocycles. The Morgan fingerprint density at radius 3 is 2.22 bits per heavy atom. The van der Waals surface area contributed by atoms with Crippen LogP contribution in [0.5, 0.6) is 0 Å². The van der Waals surface area contributed by atoms with Gasteiger partial charge in [-0.15, -0.1) is 0 Å². The second-order valence-corrected chi connectivity index (χ2v) is 5.36. The quantitative estimate of drug-likeness (QED) is 0.773. The second-order valence-electron chi connectivity index (χ2n) is 5.36. The zero-order valence-corrected chi connectivity index (χ0v) is 13.3. The molecule has 2 aromatic carbocycles. The summed E-state index contributed by atoms with van der Waals surface area (Å²) in [5.41, 5.74) is 3.08. The van der Waals surface area contributed by atoms with E-state index in [-0.39, 0.29) is 18.2 Å². The van der Waals surface area contributed by atoms with Gasteiger partial charge in [-0.2, -0.15) is 0 Å². The first kappa shape index (κ1) is 16.7. The Morgan fingerprint density at radius 1 is 0.870 bits per heavy atom. The van der Waals surface area contributed by atoms with Gasteiger partial charge in [0, 0.05) is 12.2 Å². The molecule has 2 N–H and O–H groups in total. The van der Waals surface area contributed by atoms with Crippen LogP contribution >= 0.6 is 0 Å². The summed E-state index contributed by atoms with van der Waals surface area (Å²) < 4.78 is 0. The fourth-order valence-electron chi connectivity index (χ4n) is 2.23. The lowest BCUT2D eigenvalue weighted by Crippen LogP contribution is -2.29. The van der Waals surface area contributed by atoms with Crippen molar-refractivity contribution in [3.05, 3.63) is 65.7 Å². The molecule has 120 valence electrons. The molecule has 23 heavy (non-hydrogen) atoms. The van der Waals surface area contributed by atoms with Crippen molar-refractivity contribution in [1.82, 2.24) is 5.32 Å². The summed E-state index contributed by atoms with van der Waals surface area (Å²) in [5, 5.41) is 5.50. The Labute approximate surface area is 136 Å². The molecule has 0 spiro atoms. The van der Waals surface area contributed by atoms with E-state index in [9.17, 15) is 9.59 Å². The Morgan fingerprint density at radius 2 is 1.57 bits per heavy atom. The first-order chi connectivity index (χ1) is 11.2. The molecule has 0 heterocycles. The molecule has 0 saturated carbocycles. The molecule has 0 aromatic heterocycles. The van der Waals surface area contributed by atoms with Gasteiger partial charge in [-0.25, -0.2) is 0 Å². The summed E-state index contributed by atoms with van der Waals surface area (Å²) >= 11 is 0. The second kappa shape index (κ2) is 8.73. The van der Waals surface area contributed by atoms with Gasteiger partial charge in [0.1, 0.15) is 6.42 Å². The first-order valence-electron chi connectivity index (χ1n) is 7.87. The Hall–Kier alpha value is -2.62. The average Bonchev–Trinajstić information content (AvgIpc) is 2.56. The average molecular weight is 310 g/mol. The van der Waals surface area contributed by atoms with Gasteiger partial charge >= 0.3 is 0 Å². The number of nitrogens with one attached hydrogen (secondary N) is 2. The molecular formula is C19H22N2O2. The predicted octanol–water partition coefficient (Wildman–Crippen LogP) is 2.94. The van der Waals surface area contributed by atoms with E-state index in [0.29, 0.717) is 12.2 Å². The number of hydrogen-bond donors (Lipinski definition) is 2.